The molecular formula is C21H19N5O4. The van der Waals surface area contributed by atoms with Gasteiger partial charge in [-0.1, -0.05) is 35.5 Å². The molecule has 1 aromatic carbocycles. The van der Waals surface area contributed by atoms with Crippen LogP contribution in [0.2, 0.25) is 0 Å². The molecule has 1 amide bonds. The fourth-order valence-electron chi connectivity index (χ4n) is 3.23. The summed E-state index contributed by atoms with van der Waals surface area (Å²) in [4.78, 5) is 30.1. The molecule has 0 aliphatic carbocycles. The van der Waals surface area contributed by atoms with E-state index in [1.165, 1.54) is 7.11 Å². The summed E-state index contributed by atoms with van der Waals surface area (Å²) in [6.07, 6.45) is 3.42. The van der Waals surface area contributed by atoms with Gasteiger partial charge in [0.15, 0.2) is 6.04 Å². The molecule has 1 atom stereocenters. The summed E-state index contributed by atoms with van der Waals surface area (Å²) in [5, 5.41) is 11.3. The number of nitrogens with one attached hydrogen (secondary N) is 1. The van der Waals surface area contributed by atoms with Crippen molar-refractivity contribution in [2.75, 3.05) is 7.11 Å². The first-order chi connectivity index (χ1) is 14.5. The molecule has 0 fully saturated rings. The molecule has 0 radical (unpaired) electrons. The van der Waals surface area contributed by atoms with Crippen LogP contribution in [-0.4, -0.2) is 38.9 Å². The summed E-state index contributed by atoms with van der Waals surface area (Å²) in [5.41, 5.74) is 2.88. The monoisotopic (exact) mass is 405 g/mol. The van der Waals surface area contributed by atoms with E-state index in [0.29, 0.717) is 27.9 Å². The van der Waals surface area contributed by atoms with Crippen LogP contribution in [0.5, 0.6) is 0 Å². The van der Waals surface area contributed by atoms with Crippen molar-refractivity contribution in [2.45, 2.75) is 13.0 Å². The van der Waals surface area contributed by atoms with Crippen LogP contribution in [0.25, 0.3) is 22.4 Å². The Morgan fingerprint density at radius 1 is 1.23 bits per heavy atom. The van der Waals surface area contributed by atoms with Crippen LogP contribution in [0.1, 0.15) is 27.7 Å². The number of fused-ring (bicyclic) bond motifs is 1. The van der Waals surface area contributed by atoms with Crippen LogP contribution < -0.4 is 5.32 Å². The number of amides is 1. The molecular weight excluding hydrogens is 386 g/mol. The maximum Gasteiger partial charge on any atom is 0.333 e. The second kappa shape index (κ2) is 7.78. The predicted molar refractivity (Wildman–Crippen MR) is 107 cm³/mol. The molecule has 4 aromatic rings. The van der Waals surface area contributed by atoms with Crippen LogP contribution in [0.3, 0.4) is 0 Å². The van der Waals surface area contributed by atoms with E-state index in [9.17, 15) is 9.59 Å². The number of hydrogen-bond donors (Lipinski definition) is 1. The Bertz CT molecular complexity index is 1230. The van der Waals surface area contributed by atoms with Gasteiger partial charge in [0.25, 0.3) is 11.6 Å². The first-order valence-corrected chi connectivity index (χ1v) is 9.17. The van der Waals surface area contributed by atoms with E-state index in [4.69, 9.17) is 9.26 Å². The number of pyridine rings is 1. The Balaban J connectivity index is 1.78. The second-order valence-electron chi connectivity index (χ2n) is 6.75. The van der Waals surface area contributed by atoms with Crippen LogP contribution in [0.4, 0.5) is 0 Å². The van der Waals surface area contributed by atoms with Gasteiger partial charge in [0.1, 0.15) is 0 Å². The smallest absolute Gasteiger partial charge is 0.333 e. The van der Waals surface area contributed by atoms with Gasteiger partial charge < -0.3 is 14.6 Å². The largest absolute Gasteiger partial charge is 0.467 e. The Morgan fingerprint density at radius 2 is 2.00 bits per heavy atom. The highest BCUT2D eigenvalue weighted by atomic mass is 16.5. The number of benzene rings is 1. The number of ether oxygens (including phenoxy) is 1. The number of nitrogens with zero attached hydrogens (tertiary/aromatic N) is 4. The Labute approximate surface area is 171 Å². The molecule has 0 aliphatic rings. The van der Waals surface area contributed by atoms with Crippen molar-refractivity contribution in [3.63, 3.8) is 0 Å². The van der Waals surface area contributed by atoms with Crippen molar-refractivity contribution in [3.05, 3.63) is 65.6 Å². The summed E-state index contributed by atoms with van der Waals surface area (Å²) in [7, 11) is 3.06. The minimum atomic E-state index is -0.964. The van der Waals surface area contributed by atoms with Crippen molar-refractivity contribution >= 4 is 23.0 Å². The average molecular weight is 405 g/mol. The molecule has 1 N–H and O–H groups in total. The third-order valence-electron chi connectivity index (χ3n) is 4.71. The maximum absolute atomic E-state index is 13.3. The lowest BCUT2D eigenvalue weighted by Crippen LogP contribution is -2.34. The van der Waals surface area contributed by atoms with Gasteiger partial charge in [0.2, 0.25) is 0 Å². The Morgan fingerprint density at radius 3 is 2.67 bits per heavy atom. The fraction of sp³-hybridized carbons (Fsp3) is 0.190. The van der Waals surface area contributed by atoms with Gasteiger partial charge in [-0.2, -0.15) is 5.10 Å². The summed E-state index contributed by atoms with van der Waals surface area (Å²) >= 11 is 0. The van der Waals surface area contributed by atoms with Crippen LogP contribution in [-0.2, 0) is 16.6 Å². The van der Waals surface area contributed by atoms with Gasteiger partial charge in [-0.05, 0) is 18.6 Å². The van der Waals surface area contributed by atoms with Gasteiger partial charge in [0, 0.05) is 18.8 Å². The highest BCUT2D eigenvalue weighted by Gasteiger charge is 2.27. The van der Waals surface area contributed by atoms with Crippen LogP contribution >= 0.6 is 0 Å². The molecule has 4 rings (SSSR count). The fourth-order valence-corrected chi connectivity index (χ4v) is 3.23. The number of rotatable bonds is 5. The van der Waals surface area contributed by atoms with E-state index in [1.807, 2.05) is 6.07 Å². The van der Waals surface area contributed by atoms with Crippen LogP contribution in [0, 0.1) is 6.92 Å². The van der Waals surface area contributed by atoms with Crippen molar-refractivity contribution in [3.8, 4) is 11.3 Å². The first-order valence-electron chi connectivity index (χ1n) is 9.17. The lowest BCUT2D eigenvalue weighted by Gasteiger charge is -2.17. The number of carbonyl (C=O) groups is 2. The molecule has 30 heavy (non-hydrogen) atoms. The third kappa shape index (κ3) is 3.52. The molecule has 0 aliphatic heterocycles. The lowest BCUT2D eigenvalue weighted by atomic mass is 10.0. The number of esters is 1. The summed E-state index contributed by atoms with van der Waals surface area (Å²) in [5.74, 6) is -1.05. The number of aryl methyl sites for hydroxylation is 2. The average Bonchev–Trinajstić information content (AvgIpc) is 3.37. The van der Waals surface area contributed by atoms with E-state index in [-0.39, 0.29) is 5.71 Å². The normalized spacial score (nSPS) is 12.0. The number of carbonyl (C=O) groups excluding carboxylic acids is 2. The van der Waals surface area contributed by atoms with E-state index in [2.05, 4.69) is 20.6 Å². The van der Waals surface area contributed by atoms with Crippen molar-refractivity contribution in [2.24, 2.45) is 7.05 Å². The zero-order valence-corrected chi connectivity index (χ0v) is 16.6. The standard InChI is InChI=1S/C21H19N5O4/c1-12-17-15(9-16(23-20(17)30-25-12)14-10-22-26(2)11-14)19(27)24-18(21(28)29-3)13-7-5-4-6-8-13/h4-11,18H,1-3H3,(H,24,27)/t18-/m1/s1. The Hall–Kier alpha value is -4.01. The van der Waals surface area contributed by atoms with E-state index in [0.717, 1.165) is 5.56 Å². The second-order valence-corrected chi connectivity index (χ2v) is 6.75. The summed E-state index contributed by atoms with van der Waals surface area (Å²) in [6, 6.07) is 9.56. The highest BCUT2D eigenvalue weighted by Crippen LogP contribution is 2.27. The van der Waals surface area contributed by atoms with E-state index < -0.39 is 17.9 Å². The van der Waals surface area contributed by atoms with Gasteiger partial charge in [-0.25, -0.2) is 9.78 Å². The van der Waals surface area contributed by atoms with Crippen LogP contribution in [0.15, 0.2) is 53.3 Å². The molecule has 3 heterocycles. The zero-order valence-electron chi connectivity index (χ0n) is 16.6. The predicted octanol–water partition coefficient (Wildman–Crippen LogP) is 2.58. The molecule has 0 bridgehead atoms. The lowest BCUT2D eigenvalue weighted by molar-refractivity contribution is -0.143. The topological polar surface area (TPSA) is 112 Å². The number of aromatic nitrogens is 4. The molecule has 0 saturated carbocycles. The summed E-state index contributed by atoms with van der Waals surface area (Å²) in [6.45, 7) is 1.73. The minimum Gasteiger partial charge on any atom is -0.467 e. The molecule has 9 heteroatoms. The molecule has 0 unspecified atom stereocenters. The maximum atomic E-state index is 13.3. The van der Waals surface area contributed by atoms with Gasteiger partial charge >= 0.3 is 5.97 Å². The van der Waals surface area contributed by atoms with Crippen molar-refractivity contribution < 1.29 is 18.8 Å². The molecule has 3 aromatic heterocycles. The Kier molecular flexibility index (Phi) is 5.01. The number of hydrogen-bond acceptors (Lipinski definition) is 7. The molecule has 0 spiro atoms. The first kappa shape index (κ1) is 19.3. The van der Waals surface area contributed by atoms with Crippen molar-refractivity contribution in [1.29, 1.82) is 0 Å². The van der Waals surface area contributed by atoms with Gasteiger partial charge in [-0.15, -0.1) is 0 Å². The molecule has 0 saturated heterocycles. The number of methoxy groups -OCH3 is 1. The summed E-state index contributed by atoms with van der Waals surface area (Å²) < 4.78 is 11.8. The van der Waals surface area contributed by atoms with Gasteiger partial charge in [0.05, 0.1) is 35.6 Å². The molecule has 152 valence electrons. The van der Waals surface area contributed by atoms with E-state index >= 15 is 0 Å². The SMILES string of the molecule is COC(=O)[C@H](NC(=O)c1cc(-c2cnn(C)c2)nc2onc(C)c12)c1ccccc1. The molecule has 9 nitrogen and oxygen atoms in total. The minimum absolute atomic E-state index is 0.230. The van der Waals surface area contributed by atoms with E-state index in [1.54, 1.807) is 61.4 Å². The quantitative estimate of drug-likeness (QED) is 0.508. The van der Waals surface area contributed by atoms with Gasteiger partial charge in [-0.3, -0.25) is 9.48 Å². The van der Waals surface area contributed by atoms with Crippen molar-refractivity contribution in [1.82, 2.24) is 25.2 Å². The zero-order chi connectivity index (χ0) is 21.3. The third-order valence-corrected chi connectivity index (χ3v) is 4.71. The highest BCUT2D eigenvalue weighted by molar-refractivity contribution is 6.08.